The molecule has 0 unspecified atom stereocenters. The van der Waals surface area contributed by atoms with Gasteiger partial charge in [0, 0.05) is 17.0 Å². The van der Waals surface area contributed by atoms with Crippen LogP contribution in [0.5, 0.6) is 11.5 Å². The van der Waals surface area contributed by atoms with E-state index < -0.39 is 0 Å². The summed E-state index contributed by atoms with van der Waals surface area (Å²) in [5.41, 5.74) is 1.59. The Balaban J connectivity index is 1.78. The number of aryl methyl sites for hydroxylation is 1. The zero-order valence-corrected chi connectivity index (χ0v) is 15.4. The average Bonchev–Trinajstić information content (AvgIpc) is 3.23. The molecular formula is C18H16N2O3S2. The maximum Gasteiger partial charge on any atom is 0.279 e. The van der Waals surface area contributed by atoms with Crippen molar-refractivity contribution in [1.29, 1.82) is 0 Å². The van der Waals surface area contributed by atoms with Crippen molar-refractivity contribution in [1.82, 2.24) is 4.57 Å². The smallest absolute Gasteiger partial charge is 0.279 e. The number of benzene rings is 2. The summed E-state index contributed by atoms with van der Waals surface area (Å²) in [6.45, 7) is 3.00. The van der Waals surface area contributed by atoms with Crippen molar-refractivity contribution in [3.63, 3.8) is 0 Å². The molecule has 3 aromatic rings. The van der Waals surface area contributed by atoms with Gasteiger partial charge in [-0.05, 0) is 49.6 Å². The van der Waals surface area contributed by atoms with Crippen LogP contribution in [0.2, 0.25) is 0 Å². The monoisotopic (exact) mass is 372 g/mol. The maximum absolute atomic E-state index is 12.6. The van der Waals surface area contributed by atoms with E-state index in [4.69, 9.17) is 9.47 Å². The summed E-state index contributed by atoms with van der Waals surface area (Å²) in [6, 6.07) is 11.5. The van der Waals surface area contributed by atoms with Gasteiger partial charge in [-0.15, -0.1) is 11.8 Å². The zero-order chi connectivity index (χ0) is 17.4. The number of carbonyl (C=O) groups excluding carboxylic acids is 1. The van der Waals surface area contributed by atoms with Crippen molar-refractivity contribution in [3.05, 3.63) is 46.8 Å². The quantitative estimate of drug-likeness (QED) is 0.654. The number of amides is 1. The summed E-state index contributed by atoms with van der Waals surface area (Å²) in [7, 11) is 0. The number of hydrogen-bond donors (Lipinski definition) is 0. The van der Waals surface area contributed by atoms with Crippen molar-refractivity contribution in [2.24, 2.45) is 4.99 Å². The molecule has 128 valence electrons. The van der Waals surface area contributed by atoms with Gasteiger partial charge in [-0.1, -0.05) is 11.3 Å². The van der Waals surface area contributed by atoms with Crippen molar-refractivity contribution < 1.29 is 14.3 Å². The van der Waals surface area contributed by atoms with Crippen LogP contribution in [0.1, 0.15) is 17.3 Å². The summed E-state index contributed by atoms with van der Waals surface area (Å²) in [4.78, 5) is 18.9. The van der Waals surface area contributed by atoms with Crippen LogP contribution < -0.4 is 14.3 Å². The molecule has 0 spiro atoms. The Morgan fingerprint density at radius 2 is 2.08 bits per heavy atom. The van der Waals surface area contributed by atoms with E-state index in [1.54, 1.807) is 30.0 Å². The highest BCUT2D eigenvalue weighted by Gasteiger charge is 2.16. The molecule has 2 heterocycles. The standard InChI is InChI=1S/C18H16N2O3S2/c1-3-20-13-6-5-12(24-2)9-16(13)25-18(20)19-17(21)11-4-7-14-15(8-11)23-10-22-14/h4-9H,3,10H2,1-2H3. The Morgan fingerprint density at radius 1 is 1.24 bits per heavy atom. The minimum absolute atomic E-state index is 0.189. The molecule has 0 radical (unpaired) electrons. The summed E-state index contributed by atoms with van der Waals surface area (Å²) < 4.78 is 13.8. The Bertz CT molecular complexity index is 1040. The van der Waals surface area contributed by atoms with Gasteiger partial charge in [0.15, 0.2) is 16.3 Å². The van der Waals surface area contributed by atoms with Gasteiger partial charge in [-0.25, -0.2) is 0 Å². The third kappa shape index (κ3) is 2.94. The number of hydrogen-bond acceptors (Lipinski definition) is 5. The number of thioether (sulfide) groups is 1. The molecule has 0 atom stereocenters. The van der Waals surface area contributed by atoms with Crippen LogP contribution >= 0.6 is 23.1 Å². The lowest BCUT2D eigenvalue weighted by atomic mass is 10.2. The van der Waals surface area contributed by atoms with Crippen LogP contribution in [0.25, 0.3) is 10.2 Å². The van der Waals surface area contributed by atoms with Crippen LogP contribution in [-0.4, -0.2) is 23.5 Å². The maximum atomic E-state index is 12.6. The van der Waals surface area contributed by atoms with Gasteiger partial charge >= 0.3 is 0 Å². The van der Waals surface area contributed by atoms with E-state index in [1.807, 2.05) is 0 Å². The number of rotatable bonds is 3. The molecule has 1 aliphatic heterocycles. The number of aromatic nitrogens is 1. The lowest BCUT2D eigenvalue weighted by Crippen LogP contribution is -2.15. The fourth-order valence-corrected chi connectivity index (χ4v) is 4.40. The predicted octanol–water partition coefficient (Wildman–Crippen LogP) is 3.91. The van der Waals surface area contributed by atoms with Crippen molar-refractivity contribution >= 4 is 39.2 Å². The van der Waals surface area contributed by atoms with Crippen molar-refractivity contribution in [3.8, 4) is 11.5 Å². The van der Waals surface area contributed by atoms with Crippen LogP contribution in [-0.2, 0) is 6.54 Å². The molecule has 25 heavy (non-hydrogen) atoms. The van der Waals surface area contributed by atoms with Gasteiger partial charge in [-0.3, -0.25) is 4.79 Å². The molecule has 5 nitrogen and oxygen atoms in total. The number of nitrogens with zero attached hydrogens (tertiary/aromatic N) is 2. The zero-order valence-electron chi connectivity index (χ0n) is 13.8. The highest BCUT2D eigenvalue weighted by Crippen LogP contribution is 2.32. The first-order chi connectivity index (χ1) is 12.2. The predicted molar refractivity (Wildman–Crippen MR) is 99.7 cm³/mol. The van der Waals surface area contributed by atoms with E-state index in [-0.39, 0.29) is 12.7 Å². The summed E-state index contributed by atoms with van der Waals surface area (Å²) in [5, 5.41) is 0. The average molecular weight is 372 g/mol. The minimum atomic E-state index is -0.280. The van der Waals surface area contributed by atoms with E-state index in [0.29, 0.717) is 21.9 Å². The van der Waals surface area contributed by atoms with Gasteiger partial charge in [0.25, 0.3) is 5.91 Å². The third-order valence-corrected chi connectivity index (χ3v) is 5.79. The first kappa shape index (κ1) is 16.2. The molecule has 0 saturated heterocycles. The van der Waals surface area contributed by atoms with Gasteiger partial charge in [0.05, 0.1) is 10.2 Å². The highest BCUT2D eigenvalue weighted by atomic mass is 32.2. The lowest BCUT2D eigenvalue weighted by molar-refractivity contribution is 0.0997. The summed E-state index contributed by atoms with van der Waals surface area (Å²) >= 11 is 3.24. The molecule has 0 aliphatic carbocycles. The minimum Gasteiger partial charge on any atom is -0.454 e. The number of carbonyl (C=O) groups is 1. The fraction of sp³-hybridized carbons (Fsp3) is 0.222. The van der Waals surface area contributed by atoms with Gasteiger partial charge in [-0.2, -0.15) is 4.99 Å². The second-order valence-corrected chi connectivity index (χ2v) is 7.34. The SMILES string of the molecule is CCn1c(=NC(=O)c2ccc3c(c2)OCO3)sc2cc(SC)ccc21. The Kier molecular flexibility index (Phi) is 4.27. The number of fused-ring (bicyclic) bond motifs is 2. The molecular weight excluding hydrogens is 356 g/mol. The van der Waals surface area contributed by atoms with E-state index >= 15 is 0 Å². The van der Waals surface area contributed by atoms with Gasteiger partial charge < -0.3 is 14.0 Å². The Labute approximate surface area is 152 Å². The molecule has 0 fully saturated rings. The summed E-state index contributed by atoms with van der Waals surface area (Å²) in [6.07, 6.45) is 2.05. The second-order valence-electron chi connectivity index (χ2n) is 5.45. The van der Waals surface area contributed by atoms with Crippen LogP contribution in [0.3, 0.4) is 0 Å². The molecule has 1 aromatic heterocycles. The van der Waals surface area contributed by atoms with E-state index in [1.165, 1.54) is 16.2 Å². The second kappa shape index (κ2) is 6.57. The Morgan fingerprint density at radius 3 is 2.88 bits per heavy atom. The molecule has 0 bridgehead atoms. The topological polar surface area (TPSA) is 52.8 Å². The normalized spacial score (nSPS) is 13.6. The first-order valence-corrected chi connectivity index (χ1v) is 9.90. The lowest BCUT2D eigenvalue weighted by Gasteiger charge is -2.01. The number of ether oxygens (including phenoxy) is 2. The molecule has 4 rings (SSSR count). The molecule has 0 saturated carbocycles. The van der Waals surface area contributed by atoms with E-state index in [0.717, 1.165) is 16.8 Å². The third-order valence-electron chi connectivity index (χ3n) is 4.02. The summed E-state index contributed by atoms with van der Waals surface area (Å²) in [5.74, 6) is 0.967. The number of thiazole rings is 1. The van der Waals surface area contributed by atoms with E-state index in [2.05, 4.69) is 40.9 Å². The molecule has 1 amide bonds. The van der Waals surface area contributed by atoms with Crippen molar-refractivity contribution in [2.45, 2.75) is 18.4 Å². The molecule has 1 aliphatic rings. The van der Waals surface area contributed by atoms with Gasteiger partial charge in [0.2, 0.25) is 6.79 Å². The molecule has 7 heteroatoms. The van der Waals surface area contributed by atoms with Gasteiger partial charge in [0.1, 0.15) is 0 Å². The molecule has 2 aromatic carbocycles. The first-order valence-electron chi connectivity index (χ1n) is 7.85. The fourth-order valence-electron chi connectivity index (χ4n) is 2.75. The van der Waals surface area contributed by atoms with Crippen LogP contribution in [0.15, 0.2) is 46.3 Å². The highest BCUT2D eigenvalue weighted by molar-refractivity contribution is 7.98. The van der Waals surface area contributed by atoms with Crippen molar-refractivity contribution in [2.75, 3.05) is 13.0 Å². The van der Waals surface area contributed by atoms with Crippen LogP contribution in [0.4, 0.5) is 0 Å². The molecule has 0 N–H and O–H groups in total. The largest absolute Gasteiger partial charge is 0.454 e. The Hall–Kier alpha value is -2.25. The van der Waals surface area contributed by atoms with E-state index in [9.17, 15) is 4.79 Å². The van der Waals surface area contributed by atoms with Crippen LogP contribution in [0, 0.1) is 0 Å².